The fraction of sp³-hybridized carbons (Fsp3) is 0.500. The van der Waals surface area contributed by atoms with Crippen LogP contribution < -0.4 is 5.32 Å². The van der Waals surface area contributed by atoms with E-state index in [2.05, 4.69) is 17.4 Å². The molecule has 0 atom stereocenters. The number of rotatable bonds is 2. The first-order chi connectivity index (χ1) is 6.84. The summed E-state index contributed by atoms with van der Waals surface area (Å²) in [5.41, 5.74) is 1.42. The second-order valence-electron chi connectivity index (χ2n) is 4.02. The van der Waals surface area contributed by atoms with Gasteiger partial charge in [0.25, 0.3) is 0 Å². The van der Waals surface area contributed by atoms with Crippen LogP contribution in [0.15, 0.2) is 24.3 Å². The lowest BCUT2D eigenvalue weighted by atomic mass is 9.91. The molecule has 14 heavy (non-hydrogen) atoms. The van der Waals surface area contributed by atoms with E-state index in [9.17, 15) is 0 Å². The lowest BCUT2D eigenvalue weighted by molar-refractivity contribution is 0.372. The molecule has 0 amide bonds. The third kappa shape index (κ3) is 2.73. The van der Waals surface area contributed by atoms with Crippen LogP contribution in [-0.2, 0) is 6.42 Å². The minimum absolute atomic E-state index is 0.832. The summed E-state index contributed by atoms with van der Waals surface area (Å²) < 4.78 is 0. The fourth-order valence-electron chi connectivity index (χ4n) is 2.04. The van der Waals surface area contributed by atoms with E-state index >= 15 is 0 Å². The number of halogens is 1. The number of piperidine rings is 1. The number of hydrogen-bond acceptors (Lipinski definition) is 1. The molecule has 2 rings (SSSR count). The van der Waals surface area contributed by atoms with Crippen molar-refractivity contribution < 1.29 is 0 Å². The first kappa shape index (κ1) is 10.0. The van der Waals surface area contributed by atoms with Crippen molar-refractivity contribution >= 4 is 11.6 Å². The summed E-state index contributed by atoms with van der Waals surface area (Å²) >= 11 is 5.84. The molecule has 0 aliphatic carbocycles. The van der Waals surface area contributed by atoms with Crippen LogP contribution in [-0.4, -0.2) is 13.1 Å². The molecule has 0 aromatic heterocycles. The second kappa shape index (κ2) is 4.81. The van der Waals surface area contributed by atoms with Crippen molar-refractivity contribution in [3.63, 3.8) is 0 Å². The molecule has 1 fully saturated rings. The first-order valence-corrected chi connectivity index (χ1v) is 5.67. The summed E-state index contributed by atoms with van der Waals surface area (Å²) in [7, 11) is 0. The molecule has 0 spiro atoms. The van der Waals surface area contributed by atoms with Crippen LogP contribution >= 0.6 is 11.6 Å². The minimum Gasteiger partial charge on any atom is -0.317 e. The Morgan fingerprint density at radius 3 is 2.43 bits per heavy atom. The van der Waals surface area contributed by atoms with E-state index in [1.54, 1.807) is 0 Å². The highest BCUT2D eigenvalue weighted by Crippen LogP contribution is 2.19. The van der Waals surface area contributed by atoms with E-state index < -0.39 is 0 Å². The number of hydrogen-bond donors (Lipinski definition) is 1. The Balaban J connectivity index is 1.92. The molecule has 1 N–H and O–H groups in total. The third-order valence-electron chi connectivity index (χ3n) is 2.90. The van der Waals surface area contributed by atoms with Crippen molar-refractivity contribution in [3.8, 4) is 0 Å². The van der Waals surface area contributed by atoms with E-state index in [0.29, 0.717) is 0 Å². The Kier molecular flexibility index (Phi) is 3.44. The maximum absolute atomic E-state index is 5.84. The van der Waals surface area contributed by atoms with Crippen molar-refractivity contribution in [1.29, 1.82) is 0 Å². The van der Waals surface area contributed by atoms with Crippen molar-refractivity contribution in [2.24, 2.45) is 5.92 Å². The normalized spacial score (nSPS) is 18.4. The highest BCUT2D eigenvalue weighted by atomic mass is 35.5. The zero-order valence-corrected chi connectivity index (χ0v) is 9.06. The van der Waals surface area contributed by atoms with Gasteiger partial charge < -0.3 is 5.32 Å². The summed E-state index contributed by atoms with van der Waals surface area (Å²) in [6.07, 6.45) is 3.82. The second-order valence-corrected chi connectivity index (χ2v) is 4.46. The Bertz CT molecular complexity index is 275. The predicted octanol–water partition coefficient (Wildman–Crippen LogP) is 2.88. The molecule has 0 saturated carbocycles. The van der Waals surface area contributed by atoms with Gasteiger partial charge in [0.15, 0.2) is 0 Å². The summed E-state index contributed by atoms with van der Waals surface area (Å²) in [6.45, 7) is 2.36. The summed E-state index contributed by atoms with van der Waals surface area (Å²) in [6, 6.07) is 8.25. The van der Waals surface area contributed by atoms with E-state index in [-0.39, 0.29) is 0 Å². The Hall–Kier alpha value is -0.530. The van der Waals surface area contributed by atoms with Crippen molar-refractivity contribution in [3.05, 3.63) is 34.9 Å². The van der Waals surface area contributed by atoms with Gasteiger partial charge in [0.1, 0.15) is 0 Å². The van der Waals surface area contributed by atoms with Gasteiger partial charge in [-0.25, -0.2) is 0 Å². The molecule has 2 heteroatoms. The molecule has 76 valence electrons. The topological polar surface area (TPSA) is 12.0 Å². The van der Waals surface area contributed by atoms with Crippen LogP contribution in [0.2, 0.25) is 5.02 Å². The van der Waals surface area contributed by atoms with Gasteiger partial charge in [0.05, 0.1) is 0 Å². The van der Waals surface area contributed by atoms with Crippen LogP contribution in [0.25, 0.3) is 0 Å². The van der Waals surface area contributed by atoms with Gasteiger partial charge in [-0.1, -0.05) is 23.7 Å². The lowest BCUT2D eigenvalue weighted by Crippen LogP contribution is -2.28. The molecule has 0 unspecified atom stereocenters. The molecule has 1 saturated heterocycles. The van der Waals surface area contributed by atoms with Gasteiger partial charge in [-0.15, -0.1) is 0 Å². The van der Waals surface area contributed by atoms with Crippen LogP contribution in [0.3, 0.4) is 0 Å². The molecule has 1 aromatic rings. The largest absolute Gasteiger partial charge is 0.317 e. The van der Waals surface area contributed by atoms with Crippen molar-refractivity contribution in [1.82, 2.24) is 5.32 Å². The Labute approximate surface area is 90.5 Å². The highest BCUT2D eigenvalue weighted by molar-refractivity contribution is 6.30. The monoisotopic (exact) mass is 209 g/mol. The summed E-state index contributed by atoms with van der Waals surface area (Å²) in [4.78, 5) is 0. The van der Waals surface area contributed by atoms with Gasteiger partial charge >= 0.3 is 0 Å². The molecule has 0 radical (unpaired) electrons. The number of benzene rings is 1. The van der Waals surface area contributed by atoms with Gasteiger partial charge in [-0.3, -0.25) is 0 Å². The molecule has 0 bridgehead atoms. The molecule has 1 heterocycles. The van der Waals surface area contributed by atoms with E-state index in [0.717, 1.165) is 10.9 Å². The maximum Gasteiger partial charge on any atom is 0.0406 e. The number of nitrogens with one attached hydrogen (secondary N) is 1. The van der Waals surface area contributed by atoms with Crippen LogP contribution in [0, 0.1) is 5.92 Å². The van der Waals surface area contributed by atoms with Crippen LogP contribution in [0.4, 0.5) is 0 Å². The molecule has 1 aliphatic rings. The molecule has 1 aromatic carbocycles. The van der Waals surface area contributed by atoms with Gasteiger partial charge in [0, 0.05) is 5.02 Å². The minimum atomic E-state index is 0.832. The summed E-state index contributed by atoms with van der Waals surface area (Å²) in [5, 5.41) is 4.22. The van der Waals surface area contributed by atoms with Crippen molar-refractivity contribution in [2.45, 2.75) is 19.3 Å². The van der Waals surface area contributed by atoms with E-state index in [1.807, 2.05) is 12.1 Å². The average Bonchev–Trinajstić information content (AvgIpc) is 2.23. The van der Waals surface area contributed by atoms with E-state index in [1.165, 1.54) is 37.9 Å². The predicted molar refractivity (Wildman–Crippen MR) is 60.7 cm³/mol. The Morgan fingerprint density at radius 1 is 1.14 bits per heavy atom. The zero-order valence-electron chi connectivity index (χ0n) is 8.30. The SMILES string of the molecule is Clc1ccc(CC2CCNCC2)cc1. The molecule has 1 nitrogen and oxygen atoms in total. The standard InChI is InChI=1S/C12H16ClN/c13-12-3-1-10(2-4-12)9-11-5-7-14-8-6-11/h1-4,11,14H,5-9H2. The maximum atomic E-state index is 5.84. The van der Waals surface area contributed by atoms with Gasteiger partial charge in [-0.2, -0.15) is 0 Å². The first-order valence-electron chi connectivity index (χ1n) is 5.30. The van der Waals surface area contributed by atoms with Crippen molar-refractivity contribution in [2.75, 3.05) is 13.1 Å². The lowest BCUT2D eigenvalue weighted by Gasteiger charge is -2.22. The van der Waals surface area contributed by atoms with Crippen LogP contribution in [0.5, 0.6) is 0 Å². The summed E-state index contributed by atoms with van der Waals surface area (Å²) in [5.74, 6) is 0.859. The molecular weight excluding hydrogens is 194 g/mol. The van der Waals surface area contributed by atoms with E-state index in [4.69, 9.17) is 11.6 Å². The fourth-order valence-corrected chi connectivity index (χ4v) is 2.17. The smallest absolute Gasteiger partial charge is 0.0406 e. The molecule has 1 aliphatic heterocycles. The van der Waals surface area contributed by atoms with Crippen LogP contribution in [0.1, 0.15) is 18.4 Å². The third-order valence-corrected chi connectivity index (χ3v) is 3.15. The van der Waals surface area contributed by atoms with Gasteiger partial charge in [0.2, 0.25) is 0 Å². The van der Waals surface area contributed by atoms with Gasteiger partial charge in [-0.05, 0) is 56.0 Å². The highest BCUT2D eigenvalue weighted by Gasteiger charge is 2.12. The average molecular weight is 210 g/mol. The molecular formula is C12H16ClN. The quantitative estimate of drug-likeness (QED) is 0.790. The Morgan fingerprint density at radius 2 is 1.79 bits per heavy atom. The zero-order chi connectivity index (χ0) is 9.80.